The summed E-state index contributed by atoms with van der Waals surface area (Å²) >= 11 is 2.05. The van der Waals surface area contributed by atoms with Gasteiger partial charge in [-0.05, 0) is 49.6 Å². The first-order valence-corrected chi connectivity index (χ1v) is 10.00. The van der Waals surface area contributed by atoms with Gasteiger partial charge in [0.1, 0.15) is 0 Å². The van der Waals surface area contributed by atoms with Crippen LogP contribution in [0.2, 0.25) is 0 Å². The number of rotatable bonds is 6. The van der Waals surface area contributed by atoms with E-state index in [0.29, 0.717) is 6.04 Å². The third-order valence-electron chi connectivity index (χ3n) is 3.98. The molecular weight excluding hydrogens is 304 g/mol. The van der Waals surface area contributed by atoms with Crippen molar-refractivity contribution in [2.75, 3.05) is 5.75 Å². The minimum absolute atomic E-state index is 0.165. The Morgan fingerprint density at radius 1 is 1.33 bits per heavy atom. The average Bonchev–Trinajstić information content (AvgIpc) is 2.86. The molecule has 0 heterocycles. The number of nitrogens with one attached hydrogen (secondary N) is 1. The Labute approximate surface area is 131 Å². The maximum atomic E-state index is 11.3. The summed E-state index contributed by atoms with van der Waals surface area (Å²) in [4.78, 5) is 0.165. The maximum Gasteiger partial charge on any atom is 0.238 e. The molecule has 1 saturated carbocycles. The first-order chi connectivity index (χ1) is 9.90. The van der Waals surface area contributed by atoms with Crippen molar-refractivity contribution in [3.63, 3.8) is 0 Å². The van der Waals surface area contributed by atoms with E-state index in [1.54, 1.807) is 12.1 Å². The third kappa shape index (κ3) is 4.71. The van der Waals surface area contributed by atoms with Crippen molar-refractivity contribution in [3.8, 4) is 0 Å². The fourth-order valence-corrected chi connectivity index (χ4v) is 4.53. The van der Waals surface area contributed by atoms with Crippen LogP contribution in [0, 0.1) is 0 Å². The highest BCUT2D eigenvalue weighted by molar-refractivity contribution is 7.99. The van der Waals surface area contributed by atoms with Crippen LogP contribution in [0.4, 0.5) is 0 Å². The molecule has 0 aromatic heterocycles. The second-order valence-corrected chi connectivity index (χ2v) is 8.73. The minimum atomic E-state index is -3.60. The zero-order valence-electron chi connectivity index (χ0n) is 12.6. The molecular formula is C15H24N2O2S2. The number of nitrogens with two attached hydrogens (primary N) is 1. The third-order valence-corrected chi connectivity index (χ3v) is 6.14. The second-order valence-electron chi connectivity index (χ2n) is 5.59. The Morgan fingerprint density at radius 3 is 2.57 bits per heavy atom. The molecule has 3 N–H and O–H groups in total. The smallest absolute Gasteiger partial charge is 0.238 e. The van der Waals surface area contributed by atoms with Crippen LogP contribution in [0.25, 0.3) is 0 Å². The fourth-order valence-electron chi connectivity index (χ4n) is 2.87. The number of hydrogen-bond donors (Lipinski definition) is 2. The molecule has 118 valence electrons. The largest absolute Gasteiger partial charge is 0.307 e. The van der Waals surface area contributed by atoms with Crippen molar-refractivity contribution in [3.05, 3.63) is 29.8 Å². The fraction of sp³-hybridized carbons (Fsp3) is 0.600. The van der Waals surface area contributed by atoms with E-state index in [9.17, 15) is 8.42 Å². The van der Waals surface area contributed by atoms with Gasteiger partial charge >= 0.3 is 0 Å². The zero-order valence-corrected chi connectivity index (χ0v) is 14.2. The summed E-state index contributed by atoms with van der Waals surface area (Å²) in [5.41, 5.74) is 1.09. The van der Waals surface area contributed by atoms with Crippen LogP contribution in [0.15, 0.2) is 29.2 Å². The summed E-state index contributed by atoms with van der Waals surface area (Å²) in [6.45, 7) is 4.33. The lowest BCUT2D eigenvalue weighted by molar-refractivity contribution is 0.462. The molecule has 0 aliphatic heterocycles. The molecule has 1 aliphatic rings. The Bertz CT molecular complexity index is 558. The lowest BCUT2D eigenvalue weighted by atomic mass is 10.1. The highest BCUT2D eigenvalue weighted by Gasteiger charge is 2.25. The number of hydrogen-bond acceptors (Lipinski definition) is 4. The number of benzene rings is 1. The average molecular weight is 329 g/mol. The second kappa shape index (κ2) is 7.13. The Hall–Kier alpha value is -0.560. The summed E-state index contributed by atoms with van der Waals surface area (Å²) in [5, 5.41) is 9.54. The highest BCUT2D eigenvalue weighted by Crippen LogP contribution is 2.31. The molecule has 1 aromatic rings. The summed E-state index contributed by atoms with van der Waals surface area (Å²) in [7, 11) is -3.60. The molecule has 0 saturated heterocycles. The summed E-state index contributed by atoms with van der Waals surface area (Å²) in [6, 6.07) is 7.60. The molecule has 0 unspecified atom stereocenters. The van der Waals surface area contributed by atoms with Crippen molar-refractivity contribution in [1.29, 1.82) is 0 Å². The van der Waals surface area contributed by atoms with Crippen molar-refractivity contribution in [2.24, 2.45) is 5.14 Å². The van der Waals surface area contributed by atoms with E-state index in [4.69, 9.17) is 5.14 Å². The van der Waals surface area contributed by atoms with E-state index in [0.717, 1.165) is 10.8 Å². The molecule has 0 spiro atoms. The summed E-state index contributed by atoms with van der Waals surface area (Å²) in [6.07, 6.45) is 3.72. The van der Waals surface area contributed by atoms with Crippen molar-refractivity contribution < 1.29 is 8.42 Å². The van der Waals surface area contributed by atoms with Crippen LogP contribution in [-0.2, 0) is 10.0 Å². The van der Waals surface area contributed by atoms with Crippen LogP contribution < -0.4 is 10.5 Å². The van der Waals surface area contributed by atoms with Gasteiger partial charge in [-0.25, -0.2) is 13.6 Å². The van der Waals surface area contributed by atoms with Gasteiger partial charge in [0.2, 0.25) is 10.0 Å². The monoisotopic (exact) mass is 328 g/mol. The normalized spacial score (nSPS) is 24.1. The lowest BCUT2D eigenvalue weighted by Crippen LogP contribution is -2.29. The Kier molecular flexibility index (Phi) is 5.71. The molecule has 0 radical (unpaired) electrons. The molecule has 0 bridgehead atoms. The first-order valence-electron chi connectivity index (χ1n) is 7.40. The van der Waals surface area contributed by atoms with Gasteiger partial charge in [0.05, 0.1) is 4.90 Å². The Balaban J connectivity index is 1.93. The van der Waals surface area contributed by atoms with Crippen LogP contribution in [-0.4, -0.2) is 25.5 Å². The predicted molar refractivity (Wildman–Crippen MR) is 88.9 cm³/mol. The number of sulfonamides is 1. The van der Waals surface area contributed by atoms with Gasteiger partial charge in [0.25, 0.3) is 0 Å². The maximum absolute atomic E-state index is 11.3. The molecule has 21 heavy (non-hydrogen) atoms. The first kappa shape index (κ1) is 16.8. The Morgan fingerprint density at radius 2 is 2.00 bits per heavy atom. The van der Waals surface area contributed by atoms with Crippen LogP contribution in [0.5, 0.6) is 0 Å². The molecule has 3 atom stereocenters. The number of thioether (sulfide) groups is 1. The van der Waals surface area contributed by atoms with Gasteiger partial charge in [0.15, 0.2) is 0 Å². The van der Waals surface area contributed by atoms with Gasteiger partial charge in [0, 0.05) is 17.3 Å². The van der Waals surface area contributed by atoms with E-state index in [1.807, 2.05) is 23.9 Å². The molecule has 2 rings (SSSR count). The quantitative estimate of drug-likeness (QED) is 0.842. The van der Waals surface area contributed by atoms with E-state index >= 15 is 0 Å². The standard InChI is InChI=1S/C15H24N2O2S2/c1-3-20-14-7-6-13(10-14)17-11(2)12-4-8-15(9-5-12)21(16,18)19/h4-5,8-9,11,13-14,17H,3,6-7,10H2,1-2H3,(H2,16,18,19)/t11-,13-,14-/m0/s1. The highest BCUT2D eigenvalue weighted by atomic mass is 32.2. The summed E-state index contributed by atoms with van der Waals surface area (Å²) in [5.74, 6) is 1.18. The topological polar surface area (TPSA) is 72.2 Å². The molecule has 0 amide bonds. The molecule has 1 fully saturated rings. The molecule has 6 heteroatoms. The van der Waals surface area contributed by atoms with Crippen LogP contribution >= 0.6 is 11.8 Å². The van der Waals surface area contributed by atoms with Gasteiger partial charge in [-0.2, -0.15) is 11.8 Å². The van der Waals surface area contributed by atoms with Crippen molar-refractivity contribution in [2.45, 2.75) is 55.3 Å². The molecule has 1 aromatic carbocycles. The summed E-state index contributed by atoms with van der Waals surface area (Å²) < 4.78 is 22.5. The molecule has 4 nitrogen and oxygen atoms in total. The van der Waals surface area contributed by atoms with E-state index in [2.05, 4.69) is 19.2 Å². The van der Waals surface area contributed by atoms with Gasteiger partial charge in [-0.3, -0.25) is 0 Å². The van der Waals surface area contributed by atoms with Gasteiger partial charge < -0.3 is 5.32 Å². The van der Waals surface area contributed by atoms with Crippen molar-refractivity contribution >= 4 is 21.8 Å². The van der Waals surface area contributed by atoms with Gasteiger partial charge in [-0.1, -0.05) is 19.1 Å². The van der Waals surface area contributed by atoms with E-state index in [1.165, 1.54) is 25.0 Å². The molecule has 1 aliphatic carbocycles. The zero-order chi connectivity index (χ0) is 15.5. The van der Waals surface area contributed by atoms with E-state index in [-0.39, 0.29) is 10.9 Å². The van der Waals surface area contributed by atoms with E-state index < -0.39 is 10.0 Å². The van der Waals surface area contributed by atoms with Crippen LogP contribution in [0.1, 0.15) is 44.7 Å². The SMILES string of the molecule is CCS[C@H]1CC[C@H](N[C@@H](C)c2ccc(S(N)(=O)=O)cc2)C1. The predicted octanol–water partition coefficient (Wildman–Crippen LogP) is 2.66. The lowest BCUT2D eigenvalue weighted by Gasteiger charge is -2.20. The minimum Gasteiger partial charge on any atom is -0.307 e. The van der Waals surface area contributed by atoms with Crippen molar-refractivity contribution in [1.82, 2.24) is 5.32 Å². The van der Waals surface area contributed by atoms with Crippen LogP contribution in [0.3, 0.4) is 0 Å². The van der Waals surface area contributed by atoms with Gasteiger partial charge in [-0.15, -0.1) is 0 Å². The number of primary sulfonamides is 1.